The van der Waals surface area contributed by atoms with Gasteiger partial charge in [-0.25, -0.2) is 0 Å². The first-order chi connectivity index (χ1) is 9.22. The number of benzene rings is 1. The molecule has 0 aliphatic carbocycles. The zero-order chi connectivity index (χ0) is 13.7. The maximum atomic E-state index is 11.8. The molecule has 0 unspecified atom stereocenters. The zero-order valence-electron chi connectivity index (χ0n) is 10.6. The molecule has 0 spiro atoms. The van der Waals surface area contributed by atoms with Crippen LogP contribution in [0.2, 0.25) is 0 Å². The lowest BCUT2D eigenvalue weighted by molar-refractivity contribution is -0.131. The quantitative estimate of drug-likeness (QED) is 0.842. The molecule has 0 aliphatic rings. The monoisotopic (exact) mass is 254 g/mol. The summed E-state index contributed by atoms with van der Waals surface area (Å²) in [6.45, 7) is 1.74. The van der Waals surface area contributed by atoms with Crippen molar-refractivity contribution in [3.8, 4) is 6.07 Å². The summed E-state index contributed by atoms with van der Waals surface area (Å²) in [5, 5.41) is 9.35. The van der Waals surface area contributed by atoms with Crippen molar-refractivity contribution in [1.82, 2.24) is 4.90 Å². The molecule has 2 rings (SSSR count). The number of nitriles is 1. The molecule has 0 N–H and O–H groups in total. The summed E-state index contributed by atoms with van der Waals surface area (Å²) in [4.78, 5) is 13.3. The van der Waals surface area contributed by atoms with Crippen LogP contribution in [-0.2, 0) is 11.3 Å². The van der Waals surface area contributed by atoms with E-state index in [1.807, 2.05) is 30.3 Å². The van der Waals surface area contributed by atoms with E-state index in [1.165, 1.54) is 11.8 Å². The molecule has 4 nitrogen and oxygen atoms in total. The van der Waals surface area contributed by atoms with Gasteiger partial charge in [-0.1, -0.05) is 30.3 Å². The van der Waals surface area contributed by atoms with Gasteiger partial charge < -0.3 is 9.32 Å². The van der Waals surface area contributed by atoms with Crippen molar-refractivity contribution in [1.29, 1.82) is 5.26 Å². The summed E-state index contributed by atoms with van der Waals surface area (Å²) in [6, 6.07) is 14.4. The second kappa shape index (κ2) is 5.87. The number of amides is 1. The first-order valence-corrected chi connectivity index (χ1v) is 5.96. The van der Waals surface area contributed by atoms with Crippen LogP contribution in [0.1, 0.15) is 24.3 Å². The van der Waals surface area contributed by atoms with Gasteiger partial charge in [-0.05, 0) is 17.7 Å². The molecule has 1 heterocycles. The molecule has 96 valence electrons. The third-order valence-corrected chi connectivity index (χ3v) is 2.86. The minimum atomic E-state index is -0.608. The molecule has 0 saturated carbocycles. The van der Waals surface area contributed by atoms with Crippen LogP contribution in [0.25, 0.3) is 0 Å². The largest absolute Gasteiger partial charge is 0.467 e. The summed E-state index contributed by atoms with van der Waals surface area (Å²) in [5.74, 6) is 0.498. The molecule has 0 saturated heterocycles. The van der Waals surface area contributed by atoms with E-state index >= 15 is 0 Å². The zero-order valence-corrected chi connectivity index (χ0v) is 10.6. The number of rotatable bonds is 4. The van der Waals surface area contributed by atoms with Crippen molar-refractivity contribution in [2.75, 3.05) is 0 Å². The van der Waals surface area contributed by atoms with Crippen LogP contribution in [0.5, 0.6) is 0 Å². The lowest BCUT2D eigenvalue weighted by Crippen LogP contribution is -2.31. The third-order valence-electron chi connectivity index (χ3n) is 2.86. The fraction of sp³-hybridized carbons (Fsp3) is 0.200. The first kappa shape index (κ1) is 12.9. The standard InChI is InChI=1S/C15H14N2O2/c1-12(18)17(11-14-8-5-9-19-14)15(10-16)13-6-3-2-4-7-13/h2-9,15H,11H2,1H3/t15-/m1/s1. The van der Waals surface area contributed by atoms with E-state index in [9.17, 15) is 10.1 Å². The maximum Gasteiger partial charge on any atom is 0.221 e. The van der Waals surface area contributed by atoms with E-state index in [1.54, 1.807) is 18.4 Å². The molecule has 1 atom stereocenters. The Hall–Kier alpha value is -2.54. The predicted molar refractivity (Wildman–Crippen MR) is 69.7 cm³/mol. The maximum absolute atomic E-state index is 11.8. The lowest BCUT2D eigenvalue weighted by atomic mass is 10.1. The van der Waals surface area contributed by atoms with Crippen molar-refractivity contribution in [2.45, 2.75) is 19.5 Å². The van der Waals surface area contributed by atoms with Gasteiger partial charge in [0, 0.05) is 6.92 Å². The first-order valence-electron chi connectivity index (χ1n) is 5.96. The fourth-order valence-corrected chi connectivity index (χ4v) is 1.91. The Morgan fingerprint density at radius 3 is 2.58 bits per heavy atom. The molecular formula is C15H14N2O2. The molecule has 0 radical (unpaired) electrons. The van der Waals surface area contributed by atoms with E-state index in [4.69, 9.17) is 4.42 Å². The van der Waals surface area contributed by atoms with E-state index < -0.39 is 6.04 Å². The molecule has 0 aliphatic heterocycles. The van der Waals surface area contributed by atoms with Crippen LogP contribution < -0.4 is 0 Å². The number of hydrogen-bond acceptors (Lipinski definition) is 3. The van der Waals surface area contributed by atoms with Crippen molar-refractivity contribution in [2.24, 2.45) is 0 Å². The van der Waals surface area contributed by atoms with Crippen LogP contribution in [0.3, 0.4) is 0 Å². The highest BCUT2D eigenvalue weighted by Gasteiger charge is 2.23. The Labute approximate surface area is 111 Å². The Balaban J connectivity index is 2.27. The highest BCUT2D eigenvalue weighted by atomic mass is 16.3. The van der Waals surface area contributed by atoms with Crippen molar-refractivity contribution in [3.63, 3.8) is 0 Å². The fourth-order valence-electron chi connectivity index (χ4n) is 1.91. The third kappa shape index (κ3) is 3.02. The molecule has 2 aromatic rings. The minimum Gasteiger partial charge on any atom is -0.467 e. The van der Waals surface area contributed by atoms with Gasteiger partial charge in [0.25, 0.3) is 0 Å². The van der Waals surface area contributed by atoms with Gasteiger partial charge in [-0.3, -0.25) is 4.79 Å². The van der Waals surface area contributed by atoms with Gasteiger partial charge in [-0.15, -0.1) is 0 Å². The molecule has 1 amide bonds. The summed E-state index contributed by atoms with van der Waals surface area (Å²) < 4.78 is 5.24. The van der Waals surface area contributed by atoms with Gasteiger partial charge >= 0.3 is 0 Å². The van der Waals surface area contributed by atoms with Gasteiger partial charge in [0.2, 0.25) is 5.91 Å². The van der Waals surface area contributed by atoms with Gasteiger partial charge in [0.05, 0.1) is 18.9 Å². The highest BCUT2D eigenvalue weighted by molar-refractivity contribution is 5.74. The predicted octanol–water partition coefficient (Wildman–Crippen LogP) is 2.89. The Bertz CT molecular complexity index is 570. The molecule has 0 fully saturated rings. The van der Waals surface area contributed by atoms with Crippen LogP contribution in [0, 0.1) is 11.3 Å². The van der Waals surface area contributed by atoms with Crippen molar-refractivity contribution < 1.29 is 9.21 Å². The molecule has 4 heteroatoms. The smallest absolute Gasteiger partial charge is 0.221 e. The molecule has 0 bridgehead atoms. The Morgan fingerprint density at radius 2 is 2.05 bits per heavy atom. The highest BCUT2D eigenvalue weighted by Crippen LogP contribution is 2.22. The van der Waals surface area contributed by atoms with Crippen molar-refractivity contribution >= 4 is 5.91 Å². The summed E-state index contributed by atoms with van der Waals surface area (Å²) in [6.07, 6.45) is 1.55. The Kier molecular flexibility index (Phi) is 3.99. The molecule has 1 aromatic carbocycles. The lowest BCUT2D eigenvalue weighted by Gasteiger charge is -2.25. The van der Waals surface area contributed by atoms with E-state index in [-0.39, 0.29) is 12.5 Å². The SMILES string of the molecule is CC(=O)N(Cc1ccco1)[C@H](C#N)c1ccccc1. The van der Waals surface area contributed by atoms with Crippen LogP contribution in [0.15, 0.2) is 53.1 Å². The van der Waals surface area contributed by atoms with Crippen LogP contribution in [0.4, 0.5) is 0 Å². The summed E-state index contributed by atoms with van der Waals surface area (Å²) in [5.41, 5.74) is 0.798. The second-order valence-corrected chi connectivity index (χ2v) is 4.17. The number of carbonyl (C=O) groups is 1. The number of furan rings is 1. The normalized spacial score (nSPS) is 11.6. The number of carbonyl (C=O) groups excluding carboxylic acids is 1. The van der Waals surface area contributed by atoms with Gasteiger partial charge in [0.15, 0.2) is 0 Å². The second-order valence-electron chi connectivity index (χ2n) is 4.17. The van der Waals surface area contributed by atoms with E-state index in [0.717, 1.165) is 5.56 Å². The minimum absolute atomic E-state index is 0.160. The topological polar surface area (TPSA) is 57.2 Å². The van der Waals surface area contributed by atoms with Crippen LogP contribution in [-0.4, -0.2) is 10.8 Å². The van der Waals surface area contributed by atoms with Gasteiger partial charge in [0.1, 0.15) is 11.8 Å². The Morgan fingerprint density at radius 1 is 1.32 bits per heavy atom. The number of hydrogen-bond donors (Lipinski definition) is 0. The average molecular weight is 254 g/mol. The molecule has 1 aromatic heterocycles. The summed E-state index contributed by atoms with van der Waals surface area (Å²) >= 11 is 0. The van der Waals surface area contributed by atoms with Crippen LogP contribution >= 0.6 is 0 Å². The molecule has 19 heavy (non-hydrogen) atoms. The van der Waals surface area contributed by atoms with Gasteiger partial charge in [-0.2, -0.15) is 5.26 Å². The average Bonchev–Trinajstić information content (AvgIpc) is 2.92. The summed E-state index contributed by atoms with van der Waals surface area (Å²) in [7, 11) is 0. The molecular weight excluding hydrogens is 240 g/mol. The van der Waals surface area contributed by atoms with Crippen molar-refractivity contribution in [3.05, 3.63) is 60.1 Å². The van der Waals surface area contributed by atoms with E-state index in [2.05, 4.69) is 6.07 Å². The number of nitrogens with zero attached hydrogens (tertiary/aromatic N) is 2. The van der Waals surface area contributed by atoms with E-state index in [0.29, 0.717) is 5.76 Å².